The van der Waals surface area contributed by atoms with Crippen LogP contribution in [0.15, 0.2) is 154 Å². The summed E-state index contributed by atoms with van der Waals surface area (Å²) in [7, 11) is 0. The molecule has 0 spiro atoms. The molecule has 0 bridgehead atoms. The van der Waals surface area contributed by atoms with E-state index in [0.29, 0.717) is 11.8 Å². The summed E-state index contributed by atoms with van der Waals surface area (Å²) < 4.78 is 12.0. The van der Waals surface area contributed by atoms with Crippen LogP contribution in [-0.4, -0.2) is 9.97 Å². The fourth-order valence-electron chi connectivity index (χ4n) is 5.56. The molecule has 0 unspecified atom stereocenters. The van der Waals surface area contributed by atoms with E-state index in [9.17, 15) is 0 Å². The van der Waals surface area contributed by atoms with Crippen LogP contribution in [0.2, 0.25) is 0 Å². The molecule has 46 heavy (non-hydrogen) atoms. The highest BCUT2D eigenvalue weighted by molar-refractivity contribution is 5.86. The molecular weight excluding hydrogens is 564 g/mol. The molecule has 2 aromatic heterocycles. The van der Waals surface area contributed by atoms with Crippen LogP contribution in [0.3, 0.4) is 0 Å². The first-order valence-corrected chi connectivity index (χ1v) is 15.2. The second-order valence-electron chi connectivity index (χ2n) is 11.1. The van der Waals surface area contributed by atoms with Crippen molar-refractivity contribution < 1.29 is 8.83 Å². The maximum Gasteiger partial charge on any atom is 0.220 e. The zero-order chi connectivity index (χ0) is 30.7. The molecule has 218 valence electrons. The lowest BCUT2D eigenvalue weighted by Gasteiger charge is -2.01. The maximum absolute atomic E-state index is 6.01. The molecule has 0 saturated heterocycles. The second-order valence-corrected chi connectivity index (χ2v) is 11.1. The Morgan fingerprint density at radius 3 is 1.13 bits per heavy atom. The summed E-state index contributed by atoms with van der Waals surface area (Å²) >= 11 is 0. The van der Waals surface area contributed by atoms with Crippen LogP contribution in [0.25, 0.3) is 79.9 Å². The molecular formula is C42H28N2O2. The van der Waals surface area contributed by atoms with Gasteiger partial charge in [0.1, 0.15) is 11.0 Å². The van der Waals surface area contributed by atoms with Crippen molar-refractivity contribution in [2.45, 2.75) is 0 Å². The molecule has 0 fully saturated rings. The lowest BCUT2D eigenvalue weighted by atomic mass is 10.0. The Hall–Kier alpha value is -6.26. The molecule has 4 heteroatoms. The summed E-state index contributed by atoms with van der Waals surface area (Å²) in [5.41, 5.74) is 12.1. The van der Waals surface area contributed by atoms with Gasteiger partial charge >= 0.3 is 0 Å². The first kappa shape index (κ1) is 27.3. The van der Waals surface area contributed by atoms with Crippen LogP contribution in [0.4, 0.5) is 0 Å². The zero-order valence-corrected chi connectivity index (χ0v) is 24.9. The van der Waals surface area contributed by atoms with Gasteiger partial charge in [-0.3, -0.25) is 0 Å². The van der Waals surface area contributed by atoms with Crippen molar-refractivity contribution in [2.24, 2.45) is 0 Å². The van der Waals surface area contributed by atoms with Crippen LogP contribution in [0, 0.1) is 0 Å². The highest BCUT2D eigenvalue weighted by Crippen LogP contribution is 2.29. The SMILES string of the molecule is C(=Cc1nc2cc(-c3ccc4oc(C=Cc5ccc(-c6ccccc6)cc5)nc4c3)ccc2o1)c1ccc(-c2ccccc2)cc1. The van der Waals surface area contributed by atoms with Gasteiger partial charge in [-0.1, -0.05) is 121 Å². The topological polar surface area (TPSA) is 52.1 Å². The van der Waals surface area contributed by atoms with Crippen molar-refractivity contribution in [3.05, 3.63) is 169 Å². The van der Waals surface area contributed by atoms with Gasteiger partial charge in [-0.2, -0.15) is 0 Å². The van der Waals surface area contributed by atoms with Crippen LogP contribution in [0.5, 0.6) is 0 Å². The first-order chi connectivity index (χ1) is 22.7. The van der Waals surface area contributed by atoms with Gasteiger partial charge in [0, 0.05) is 12.2 Å². The summed E-state index contributed by atoms with van der Waals surface area (Å²) in [5.74, 6) is 1.13. The fourth-order valence-corrected chi connectivity index (χ4v) is 5.56. The Balaban J connectivity index is 0.975. The average Bonchev–Trinajstić information content (AvgIpc) is 3.74. The molecule has 0 aliphatic rings. The number of rotatable bonds is 7. The number of benzene rings is 6. The third-order valence-corrected chi connectivity index (χ3v) is 8.01. The average molecular weight is 593 g/mol. The van der Waals surface area contributed by atoms with E-state index in [1.807, 2.05) is 72.8 Å². The standard InChI is InChI=1S/C42H28N2O2/c1-3-7-31(8-4-1)33-17-11-29(12-18-33)15-25-41-43-37-27-35(21-23-39(37)45-41)36-22-24-40-38(28-36)44-42(46-40)26-16-30-13-19-34(20-14-30)32-9-5-2-6-10-32/h1-28H. The van der Waals surface area contributed by atoms with Crippen molar-refractivity contribution >= 4 is 46.5 Å². The van der Waals surface area contributed by atoms with E-state index in [0.717, 1.165) is 44.5 Å². The second kappa shape index (κ2) is 12.0. The largest absolute Gasteiger partial charge is 0.437 e. The summed E-state index contributed by atoms with van der Waals surface area (Å²) in [6, 6.07) is 49.8. The molecule has 8 aromatic rings. The Labute approximate surface area is 266 Å². The summed E-state index contributed by atoms with van der Waals surface area (Å²) in [6.45, 7) is 0. The molecule has 0 aliphatic heterocycles. The molecule has 0 N–H and O–H groups in total. The van der Waals surface area contributed by atoms with Gasteiger partial charge in [-0.15, -0.1) is 0 Å². The van der Waals surface area contributed by atoms with E-state index in [-0.39, 0.29) is 0 Å². The lowest BCUT2D eigenvalue weighted by Crippen LogP contribution is -1.79. The van der Waals surface area contributed by atoms with E-state index >= 15 is 0 Å². The van der Waals surface area contributed by atoms with Gasteiger partial charge in [0.15, 0.2) is 11.2 Å². The van der Waals surface area contributed by atoms with E-state index < -0.39 is 0 Å². The molecule has 0 amide bonds. The van der Waals surface area contributed by atoms with Crippen molar-refractivity contribution in [1.29, 1.82) is 0 Å². The number of hydrogen-bond acceptors (Lipinski definition) is 4. The zero-order valence-electron chi connectivity index (χ0n) is 24.9. The number of oxazole rings is 2. The van der Waals surface area contributed by atoms with Crippen LogP contribution < -0.4 is 0 Å². The monoisotopic (exact) mass is 592 g/mol. The Bertz CT molecular complexity index is 2160. The van der Waals surface area contributed by atoms with Crippen molar-refractivity contribution in [2.75, 3.05) is 0 Å². The first-order valence-electron chi connectivity index (χ1n) is 15.2. The Kier molecular flexibility index (Phi) is 7.14. The quantitative estimate of drug-likeness (QED) is 0.185. The van der Waals surface area contributed by atoms with E-state index in [4.69, 9.17) is 18.8 Å². The molecule has 4 nitrogen and oxygen atoms in total. The summed E-state index contributed by atoms with van der Waals surface area (Å²) in [6.07, 6.45) is 7.85. The van der Waals surface area contributed by atoms with E-state index in [1.165, 1.54) is 22.3 Å². The third kappa shape index (κ3) is 5.80. The van der Waals surface area contributed by atoms with Gasteiger partial charge in [-0.25, -0.2) is 9.97 Å². The van der Waals surface area contributed by atoms with Gasteiger partial charge in [-0.05, 0) is 80.9 Å². The predicted molar refractivity (Wildman–Crippen MR) is 189 cm³/mol. The Morgan fingerprint density at radius 2 is 0.717 bits per heavy atom. The highest BCUT2D eigenvalue weighted by Gasteiger charge is 2.09. The Morgan fingerprint density at radius 1 is 0.348 bits per heavy atom. The minimum atomic E-state index is 0.567. The highest BCUT2D eigenvalue weighted by atomic mass is 16.4. The van der Waals surface area contributed by atoms with Crippen molar-refractivity contribution in [3.8, 4) is 33.4 Å². The van der Waals surface area contributed by atoms with Crippen molar-refractivity contribution in [3.63, 3.8) is 0 Å². The van der Waals surface area contributed by atoms with E-state index in [2.05, 4.69) is 97.1 Å². The van der Waals surface area contributed by atoms with Crippen molar-refractivity contribution in [1.82, 2.24) is 9.97 Å². The molecule has 8 rings (SSSR count). The number of nitrogens with zero attached hydrogens (tertiary/aromatic N) is 2. The fraction of sp³-hybridized carbons (Fsp3) is 0. The van der Waals surface area contributed by atoms with Gasteiger partial charge < -0.3 is 8.83 Å². The molecule has 2 heterocycles. The van der Waals surface area contributed by atoms with E-state index in [1.54, 1.807) is 0 Å². The van der Waals surface area contributed by atoms with Crippen LogP contribution in [0.1, 0.15) is 22.9 Å². The summed E-state index contributed by atoms with van der Waals surface area (Å²) in [4.78, 5) is 9.45. The molecule has 0 radical (unpaired) electrons. The number of hydrogen-bond donors (Lipinski definition) is 0. The van der Waals surface area contributed by atoms with Gasteiger partial charge in [0.05, 0.1) is 0 Å². The summed E-state index contributed by atoms with van der Waals surface area (Å²) in [5, 5.41) is 0. The third-order valence-electron chi connectivity index (χ3n) is 8.01. The van der Waals surface area contributed by atoms with Crippen LogP contribution >= 0.6 is 0 Å². The minimum Gasteiger partial charge on any atom is -0.437 e. The van der Waals surface area contributed by atoms with Gasteiger partial charge in [0.25, 0.3) is 0 Å². The van der Waals surface area contributed by atoms with Crippen LogP contribution in [-0.2, 0) is 0 Å². The molecule has 0 saturated carbocycles. The number of aromatic nitrogens is 2. The normalized spacial score (nSPS) is 11.7. The molecule has 0 atom stereocenters. The number of fused-ring (bicyclic) bond motifs is 2. The molecule has 6 aromatic carbocycles. The molecule has 0 aliphatic carbocycles. The lowest BCUT2D eigenvalue weighted by molar-refractivity contribution is 0.589. The maximum atomic E-state index is 6.01. The predicted octanol–water partition coefficient (Wildman–Crippen LogP) is 11.3. The smallest absolute Gasteiger partial charge is 0.220 e. The minimum absolute atomic E-state index is 0.567. The van der Waals surface area contributed by atoms with Gasteiger partial charge in [0.2, 0.25) is 11.8 Å².